The third kappa shape index (κ3) is 7.43. The number of carbonyl (C=O) groups excluding carboxylic acids is 2. The lowest BCUT2D eigenvalue weighted by Gasteiger charge is -2.33. The highest BCUT2D eigenvalue weighted by Gasteiger charge is 2.40. The molecule has 0 bridgehead atoms. The van der Waals surface area contributed by atoms with Gasteiger partial charge in [-0.1, -0.05) is 27.2 Å². The van der Waals surface area contributed by atoms with Crippen LogP contribution in [0.1, 0.15) is 58.9 Å². The smallest absolute Gasteiger partial charge is 0.333 e. The fraction of sp³-hybridized carbons (Fsp3) is 0.583. The summed E-state index contributed by atoms with van der Waals surface area (Å²) in [7, 11) is -2.09. The molecule has 1 aromatic rings. The maximum Gasteiger partial charge on any atom is 0.333 e. The molecule has 1 heterocycles. The van der Waals surface area contributed by atoms with Gasteiger partial charge in [0.1, 0.15) is 11.9 Å². The summed E-state index contributed by atoms with van der Waals surface area (Å²) in [5.74, 6) is -4.05. The van der Waals surface area contributed by atoms with E-state index < -0.39 is 50.1 Å². The average molecular weight is 487 g/mol. The number of rotatable bonds is 13. The van der Waals surface area contributed by atoms with E-state index >= 15 is 0 Å². The molecule has 1 aliphatic heterocycles. The molecule has 0 spiro atoms. The highest BCUT2D eigenvalue weighted by Crippen LogP contribution is 2.32. The molecule has 9 heteroatoms. The topological polar surface area (TPSA) is 61.8 Å². The summed E-state index contributed by atoms with van der Waals surface area (Å²) < 4.78 is 57.4. The highest BCUT2D eigenvalue weighted by molar-refractivity contribution is 6.73. The SMILES string of the molecule is CC[Si](CC)(CC)OC1OC(=O)C=C1C(CCCCCc1cc(F)c(F)cc1F)OC(C)=O. The third-order valence-electron chi connectivity index (χ3n) is 6.25. The first-order valence-corrected chi connectivity index (χ1v) is 14.1. The van der Waals surface area contributed by atoms with Crippen LogP contribution in [0.5, 0.6) is 0 Å². The van der Waals surface area contributed by atoms with E-state index in [0.717, 1.165) is 24.2 Å². The van der Waals surface area contributed by atoms with Gasteiger partial charge in [-0.05, 0) is 55.4 Å². The molecule has 2 atom stereocenters. The van der Waals surface area contributed by atoms with Crippen molar-refractivity contribution in [2.45, 2.75) is 90.3 Å². The fourth-order valence-electron chi connectivity index (χ4n) is 4.05. The molecule has 0 saturated heterocycles. The summed E-state index contributed by atoms with van der Waals surface area (Å²) in [5, 5.41) is 0. The van der Waals surface area contributed by atoms with Gasteiger partial charge in [0.25, 0.3) is 0 Å². The van der Waals surface area contributed by atoms with Crippen molar-refractivity contribution in [3.05, 3.63) is 46.8 Å². The van der Waals surface area contributed by atoms with Crippen LogP contribution in [0.25, 0.3) is 0 Å². The van der Waals surface area contributed by atoms with Crippen molar-refractivity contribution in [2.24, 2.45) is 0 Å². The normalized spacial score (nSPS) is 17.0. The number of carbonyl (C=O) groups is 2. The van der Waals surface area contributed by atoms with Crippen molar-refractivity contribution in [1.82, 2.24) is 0 Å². The summed E-state index contributed by atoms with van der Waals surface area (Å²) >= 11 is 0. The fourth-order valence-corrected chi connectivity index (χ4v) is 6.69. The van der Waals surface area contributed by atoms with Gasteiger partial charge >= 0.3 is 11.9 Å². The van der Waals surface area contributed by atoms with Crippen molar-refractivity contribution in [3.8, 4) is 0 Å². The molecule has 1 aromatic carbocycles. The van der Waals surface area contributed by atoms with Crippen LogP contribution >= 0.6 is 0 Å². The minimum Gasteiger partial charge on any atom is -0.458 e. The molecular formula is C24H33F3O5Si. The number of benzene rings is 1. The average Bonchev–Trinajstić information content (AvgIpc) is 3.13. The van der Waals surface area contributed by atoms with Crippen LogP contribution in [0, 0.1) is 17.5 Å². The second kappa shape index (κ2) is 12.4. The van der Waals surface area contributed by atoms with E-state index in [1.165, 1.54) is 13.0 Å². The Morgan fingerprint density at radius 2 is 1.67 bits per heavy atom. The van der Waals surface area contributed by atoms with Crippen molar-refractivity contribution >= 4 is 20.3 Å². The molecule has 33 heavy (non-hydrogen) atoms. The maximum atomic E-state index is 13.8. The van der Waals surface area contributed by atoms with Gasteiger partial charge in [-0.3, -0.25) is 4.79 Å². The Morgan fingerprint density at radius 1 is 1.03 bits per heavy atom. The monoisotopic (exact) mass is 486 g/mol. The van der Waals surface area contributed by atoms with Gasteiger partial charge in [0.15, 0.2) is 20.0 Å². The third-order valence-corrected chi connectivity index (χ3v) is 10.8. The molecular weight excluding hydrogens is 453 g/mol. The zero-order valence-electron chi connectivity index (χ0n) is 19.7. The summed E-state index contributed by atoms with van der Waals surface area (Å²) in [6.45, 7) is 7.51. The Morgan fingerprint density at radius 3 is 2.27 bits per heavy atom. The van der Waals surface area contributed by atoms with Crippen molar-refractivity contribution in [3.63, 3.8) is 0 Å². The maximum absolute atomic E-state index is 13.8. The lowest BCUT2D eigenvalue weighted by Crippen LogP contribution is -2.42. The Hall–Kier alpha value is -2.13. The largest absolute Gasteiger partial charge is 0.458 e. The number of cyclic esters (lactones) is 1. The summed E-state index contributed by atoms with van der Waals surface area (Å²) in [6.07, 6.45) is 2.30. The molecule has 0 saturated carbocycles. The number of ether oxygens (including phenoxy) is 2. The van der Waals surface area contributed by atoms with E-state index in [-0.39, 0.29) is 12.0 Å². The zero-order valence-corrected chi connectivity index (χ0v) is 20.7. The standard InChI is InChI=1S/C24H33F3O5Si/c1-5-33(6-2,7-3)32-24-18(14-23(29)31-24)22(30-16(4)28)12-10-8-9-11-17-13-20(26)21(27)15-19(17)25/h13-15,22,24H,5-12H2,1-4H3. The predicted molar refractivity (Wildman–Crippen MR) is 120 cm³/mol. The Labute approximate surface area is 194 Å². The van der Waals surface area contributed by atoms with E-state index in [4.69, 9.17) is 13.9 Å². The summed E-state index contributed by atoms with van der Waals surface area (Å²) in [4.78, 5) is 23.7. The zero-order chi connectivity index (χ0) is 24.6. The van der Waals surface area contributed by atoms with Crippen LogP contribution in [0.3, 0.4) is 0 Å². The van der Waals surface area contributed by atoms with E-state index in [9.17, 15) is 22.8 Å². The first-order valence-electron chi connectivity index (χ1n) is 11.5. The molecule has 0 amide bonds. The number of hydrogen-bond acceptors (Lipinski definition) is 5. The lowest BCUT2D eigenvalue weighted by atomic mass is 10.0. The minimum absolute atomic E-state index is 0.122. The number of hydrogen-bond donors (Lipinski definition) is 0. The van der Waals surface area contributed by atoms with E-state index in [0.29, 0.717) is 37.3 Å². The van der Waals surface area contributed by atoms with E-state index in [1.807, 2.05) is 0 Å². The predicted octanol–water partition coefficient (Wildman–Crippen LogP) is 5.97. The molecule has 0 aromatic heterocycles. The van der Waals surface area contributed by atoms with Crippen molar-refractivity contribution in [1.29, 1.82) is 0 Å². The first-order chi connectivity index (χ1) is 15.6. The van der Waals surface area contributed by atoms with Crippen LogP contribution in [0.2, 0.25) is 18.1 Å². The molecule has 0 radical (unpaired) electrons. The second-order valence-corrected chi connectivity index (χ2v) is 13.1. The quantitative estimate of drug-likeness (QED) is 0.149. The van der Waals surface area contributed by atoms with Gasteiger partial charge in [0.2, 0.25) is 6.29 Å². The molecule has 184 valence electrons. The molecule has 5 nitrogen and oxygen atoms in total. The molecule has 2 rings (SSSR count). The van der Waals surface area contributed by atoms with E-state index in [1.54, 1.807) is 0 Å². The molecule has 1 aliphatic rings. The summed E-state index contributed by atoms with van der Waals surface area (Å²) in [6, 6.07) is 4.06. The van der Waals surface area contributed by atoms with Gasteiger partial charge < -0.3 is 13.9 Å². The van der Waals surface area contributed by atoms with Gasteiger partial charge in [-0.15, -0.1) is 0 Å². The van der Waals surface area contributed by atoms with Gasteiger partial charge in [-0.25, -0.2) is 18.0 Å². The molecule has 0 N–H and O–H groups in total. The number of halogens is 3. The van der Waals surface area contributed by atoms with Crippen molar-refractivity contribution < 1.29 is 36.7 Å². The summed E-state index contributed by atoms with van der Waals surface area (Å²) in [5.41, 5.74) is 0.630. The van der Waals surface area contributed by atoms with Gasteiger partial charge in [-0.2, -0.15) is 0 Å². The Kier molecular flexibility index (Phi) is 10.2. The second-order valence-electron chi connectivity index (χ2n) is 8.33. The minimum atomic E-state index is -2.09. The Balaban J connectivity index is 2.00. The highest BCUT2D eigenvalue weighted by atomic mass is 28.4. The van der Waals surface area contributed by atoms with Crippen LogP contribution in [0.15, 0.2) is 23.8 Å². The van der Waals surface area contributed by atoms with Gasteiger partial charge in [0, 0.05) is 24.6 Å². The molecule has 2 unspecified atom stereocenters. The number of esters is 2. The van der Waals surface area contributed by atoms with Crippen molar-refractivity contribution in [2.75, 3.05) is 0 Å². The first kappa shape index (κ1) is 27.1. The molecule has 0 fully saturated rings. The Bertz CT molecular complexity index is 862. The van der Waals surface area contributed by atoms with Crippen LogP contribution in [-0.4, -0.2) is 32.6 Å². The van der Waals surface area contributed by atoms with E-state index in [2.05, 4.69) is 20.8 Å². The van der Waals surface area contributed by atoms with Crippen LogP contribution in [-0.2, 0) is 29.9 Å². The lowest BCUT2D eigenvalue weighted by molar-refractivity contribution is -0.152. The number of aryl methyl sites for hydroxylation is 1. The number of unbranched alkanes of at least 4 members (excludes halogenated alkanes) is 2. The van der Waals surface area contributed by atoms with Crippen LogP contribution < -0.4 is 0 Å². The van der Waals surface area contributed by atoms with Gasteiger partial charge in [0.05, 0.1) is 0 Å². The van der Waals surface area contributed by atoms with Crippen LogP contribution in [0.4, 0.5) is 13.2 Å². The molecule has 0 aliphatic carbocycles.